The van der Waals surface area contributed by atoms with Crippen molar-refractivity contribution < 1.29 is 14.7 Å². The van der Waals surface area contributed by atoms with E-state index >= 15 is 0 Å². The molecule has 2 N–H and O–H groups in total. The third kappa shape index (κ3) is 7.55. The zero-order valence-electron chi connectivity index (χ0n) is 23.9. The van der Waals surface area contributed by atoms with Crippen molar-refractivity contribution in [2.24, 2.45) is 0 Å². The number of likely N-dealkylation sites (tertiary alicyclic amines) is 1. The van der Waals surface area contributed by atoms with Crippen LogP contribution in [-0.4, -0.2) is 52.0 Å². The average molecular weight is 559 g/mol. The SMILES string of the molecule is CCC[C@@H]1CC[C@@H](Cc2ccccc2)N1Cc1ccc(C(=O)N[C@@H](CCSC)C(=O)O)c(-c2ccccc2C)c1. The number of aliphatic carboxylic acids is 1. The highest BCUT2D eigenvalue weighted by atomic mass is 32.2. The van der Waals surface area contributed by atoms with Crippen molar-refractivity contribution in [1.82, 2.24) is 10.2 Å². The summed E-state index contributed by atoms with van der Waals surface area (Å²) in [5, 5.41) is 12.5. The van der Waals surface area contributed by atoms with Crippen LogP contribution in [0.3, 0.4) is 0 Å². The number of rotatable bonds is 13. The number of benzene rings is 3. The molecule has 5 nitrogen and oxygen atoms in total. The average Bonchev–Trinajstić information content (AvgIpc) is 3.32. The van der Waals surface area contributed by atoms with Gasteiger partial charge in [-0.3, -0.25) is 9.69 Å². The highest BCUT2D eigenvalue weighted by Crippen LogP contribution is 2.33. The van der Waals surface area contributed by atoms with E-state index in [1.165, 1.54) is 30.4 Å². The van der Waals surface area contributed by atoms with E-state index in [4.69, 9.17) is 0 Å². The van der Waals surface area contributed by atoms with Crippen molar-refractivity contribution in [2.45, 2.75) is 77.0 Å². The van der Waals surface area contributed by atoms with Gasteiger partial charge in [-0.15, -0.1) is 0 Å². The Balaban J connectivity index is 1.65. The van der Waals surface area contributed by atoms with E-state index in [1.807, 2.05) is 30.5 Å². The lowest BCUT2D eigenvalue weighted by molar-refractivity contribution is -0.139. The van der Waals surface area contributed by atoms with E-state index in [9.17, 15) is 14.7 Å². The van der Waals surface area contributed by atoms with Gasteiger partial charge in [0, 0.05) is 24.2 Å². The number of nitrogens with zero attached hydrogens (tertiary/aromatic N) is 1. The van der Waals surface area contributed by atoms with E-state index in [2.05, 4.69) is 72.6 Å². The molecule has 6 heteroatoms. The molecule has 4 rings (SSSR count). The molecule has 212 valence electrons. The predicted octanol–water partition coefficient (Wildman–Crippen LogP) is 6.97. The van der Waals surface area contributed by atoms with Gasteiger partial charge < -0.3 is 10.4 Å². The van der Waals surface area contributed by atoms with Crippen LogP contribution in [0, 0.1) is 6.92 Å². The first-order valence-corrected chi connectivity index (χ1v) is 15.8. The van der Waals surface area contributed by atoms with E-state index in [1.54, 1.807) is 11.8 Å². The molecule has 3 aromatic rings. The van der Waals surface area contributed by atoms with E-state index < -0.39 is 12.0 Å². The van der Waals surface area contributed by atoms with Gasteiger partial charge >= 0.3 is 5.97 Å². The molecule has 0 saturated carbocycles. The Morgan fingerprint density at radius 1 is 0.975 bits per heavy atom. The van der Waals surface area contributed by atoms with Crippen LogP contribution >= 0.6 is 11.8 Å². The number of carboxylic acid groups (broad SMARTS) is 1. The first kappa shape index (κ1) is 29.9. The number of thioether (sulfide) groups is 1. The maximum absolute atomic E-state index is 13.5. The summed E-state index contributed by atoms with van der Waals surface area (Å²) in [6.07, 6.45) is 8.11. The summed E-state index contributed by atoms with van der Waals surface area (Å²) < 4.78 is 0. The third-order valence-electron chi connectivity index (χ3n) is 8.05. The second-order valence-electron chi connectivity index (χ2n) is 10.9. The molecular weight excluding hydrogens is 516 g/mol. The first-order valence-electron chi connectivity index (χ1n) is 14.4. The van der Waals surface area contributed by atoms with Crippen molar-refractivity contribution >= 4 is 23.6 Å². The summed E-state index contributed by atoms with van der Waals surface area (Å²) in [6, 6.07) is 25.0. The van der Waals surface area contributed by atoms with Crippen LogP contribution in [-0.2, 0) is 17.8 Å². The molecule has 0 unspecified atom stereocenters. The lowest BCUT2D eigenvalue weighted by Gasteiger charge is -2.31. The van der Waals surface area contributed by atoms with Gasteiger partial charge in [-0.2, -0.15) is 11.8 Å². The number of amides is 1. The third-order valence-corrected chi connectivity index (χ3v) is 8.69. The largest absolute Gasteiger partial charge is 0.480 e. The number of hydrogen-bond donors (Lipinski definition) is 2. The Morgan fingerprint density at radius 2 is 1.70 bits per heavy atom. The molecule has 1 amide bonds. The number of aryl methyl sites for hydroxylation is 1. The van der Waals surface area contributed by atoms with Gasteiger partial charge in [0.05, 0.1) is 0 Å². The molecule has 0 aromatic heterocycles. The molecule has 3 aromatic carbocycles. The first-order chi connectivity index (χ1) is 19.4. The normalized spacial score (nSPS) is 18.0. The van der Waals surface area contributed by atoms with E-state index in [-0.39, 0.29) is 5.91 Å². The van der Waals surface area contributed by atoms with Gasteiger partial charge in [-0.25, -0.2) is 4.79 Å². The summed E-state index contributed by atoms with van der Waals surface area (Å²) in [5.41, 5.74) is 5.99. The van der Waals surface area contributed by atoms with Crippen LogP contribution in [0.4, 0.5) is 0 Å². The molecular formula is C34H42N2O3S. The zero-order chi connectivity index (χ0) is 28.5. The minimum Gasteiger partial charge on any atom is -0.480 e. The smallest absolute Gasteiger partial charge is 0.326 e. The lowest BCUT2D eigenvalue weighted by Crippen LogP contribution is -2.41. The number of nitrogens with one attached hydrogen (secondary N) is 1. The summed E-state index contributed by atoms with van der Waals surface area (Å²) in [7, 11) is 0. The standard InChI is InChI=1S/C34H42N2O3S/c1-4-10-27-16-17-28(21-25-12-6-5-7-13-25)36(27)23-26-15-18-30(31(22-26)29-14-9-8-11-24(29)2)33(37)35-32(34(38)39)19-20-40-3/h5-9,11-15,18,22,27-28,32H,4,10,16-17,19-21,23H2,1-3H3,(H,35,37)(H,38,39)/t27-,28+,32+/m1/s1. The van der Waals surface area contributed by atoms with Crippen LogP contribution in [0.5, 0.6) is 0 Å². The minimum atomic E-state index is -1.00. The molecule has 0 bridgehead atoms. The van der Waals surface area contributed by atoms with Gasteiger partial charge in [0.1, 0.15) is 6.04 Å². The van der Waals surface area contributed by atoms with Crippen LogP contribution in [0.15, 0.2) is 72.8 Å². The number of carbonyl (C=O) groups is 2. The topological polar surface area (TPSA) is 69.6 Å². The Kier molecular flexibility index (Phi) is 10.8. The summed E-state index contributed by atoms with van der Waals surface area (Å²) in [4.78, 5) is 28.0. The fraction of sp³-hybridized carbons (Fsp3) is 0.412. The summed E-state index contributed by atoms with van der Waals surface area (Å²) >= 11 is 1.57. The number of carbonyl (C=O) groups excluding carboxylic acids is 1. The molecule has 1 heterocycles. The van der Waals surface area contributed by atoms with Crippen molar-refractivity contribution in [3.8, 4) is 11.1 Å². The Hall–Kier alpha value is -3.09. The molecule has 1 saturated heterocycles. The fourth-order valence-electron chi connectivity index (χ4n) is 5.95. The van der Waals surface area contributed by atoms with Crippen molar-refractivity contribution in [2.75, 3.05) is 12.0 Å². The van der Waals surface area contributed by atoms with Crippen LogP contribution in [0.1, 0.15) is 66.1 Å². The van der Waals surface area contributed by atoms with Crippen molar-refractivity contribution in [1.29, 1.82) is 0 Å². The van der Waals surface area contributed by atoms with Crippen LogP contribution in [0.2, 0.25) is 0 Å². The molecule has 1 fully saturated rings. The number of carboxylic acids is 1. The van der Waals surface area contributed by atoms with Crippen LogP contribution < -0.4 is 5.32 Å². The Morgan fingerprint density at radius 3 is 2.40 bits per heavy atom. The second kappa shape index (κ2) is 14.5. The van der Waals surface area contributed by atoms with Gasteiger partial charge in [0.25, 0.3) is 5.91 Å². The lowest BCUT2D eigenvalue weighted by atomic mass is 9.93. The van der Waals surface area contributed by atoms with E-state index in [0.29, 0.717) is 29.8 Å². The van der Waals surface area contributed by atoms with Crippen molar-refractivity contribution in [3.05, 3.63) is 95.1 Å². The Labute approximate surface area is 243 Å². The van der Waals surface area contributed by atoms with Crippen LogP contribution in [0.25, 0.3) is 11.1 Å². The summed E-state index contributed by atoms with van der Waals surface area (Å²) in [6.45, 7) is 5.14. The second-order valence-corrected chi connectivity index (χ2v) is 11.9. The molecule has 0 radical (unpaired) electrons. The predicted molar refractivity (Wildman–Crippen MR) is 166 cm³/mol. The molecule has 1 aliphatic rings. The maximum atomic E-state index is 13.5. The van der Waals surface area contributed by atoms with Crippen molar-refractivity contribution in [3.63, 3.8) is 0 Å². The maximum Gasteiger partial charge on any atom is 0.326 e. The monoisotopic (exact) mass is 558 g/mol. The van der Waals surface area contributed by atoms with Gasteiger partial charge in [-0.05, 0) is 91.0 Å². The molecule has 1 aliphatic heterocycles. The quantitative estimate of drug-likeness (QED) is 0.237. The zero-order valence-corrected chi connectivity index (χ0v) is 24.8. The summed E-state index contributed by atoms with van der Waals surface area (Å²) in [5.74, 6) is -0.679. The fourth-order valence-corrected chi connectivity index (χ4v) is 6.42. The van der Waals surface area contributed by atoms with Gasteiger partial charge in [-0.1, -0.05) is 74.0 Å². The highest BCUT2D eigenvalue weighted by molar-refractivity contribution is 7.98. The molecule has 40 heavy (non-hydrogen) atoms. The molecule has 3 atom stereocenters. The van der Waals surface area contributed by atoms with Gasteiger partial charge in [0.2, 0.25) is 0 Å². The molecule has 0 spiro atoms. The molecule has 0 aliphatic carbocycles. The number of hydrogen-bond acceptors (Lipinski definition) is 4. The minimum absolute atomic E-state index is 0.342. The highest BCUT2D eigenvalue weighted by Gasteiger charge is 2.33. The van der Waals surface area contributed by atoms with Gasteiger partial charge in [0.15, 0.2) is 0 Å². The van der Waals surface area contributed by atoms with E-state index in [0.717, 1.165) is 36.1 Å². The Bertz CT molecular complexity index is 1280.